The molecule has 1 fully saturated rings. The minimum atomic E-state index is -1.03. The van der Waals surface area contributed by atoms with Gasteiger partial charge in [-0.2, -0.15) is 0 Å². The van der Waals surface area contributed by atoms with Gasteiger partial charge in [0.2, 0.25) is 0 Å². The number of carboxylic acid groups (broad SMARTS) is 1. The molecule has 2 amide bonds. The molecule has 1 aliphatic heterocycles. The van der Waals surface area contributed by atoms with Gasteiger partial charge in [-0.25, -0.2) is 4.79 Å². The number of hydrogen-bond acceptors (Lipinski definition) is 4. The Morgan fingerprint density at radius 1 is 1.00 bits per heavy atom. The lowest BCUT2D eigenvalue weighted by molar-refractivity contribution is 0.0689. The Kier molecular flexibility index (Phi) is 5.14. The molecule has 0 bridgehead atoms. The van der Waals surface area contributed by atoms with Crippen molar-refractivity contribution in [2.24, 2.45) is 0 Å². The fraction of sp³-hybridized carbons (Fsp3) is 0.278. The maximum absolute atomic E-state index is 12.4. The number of nitrogens with zero attached hydrogens (tertiary/aromatic N) is 1. The van der Waals surface area contributed by atoms with Crippen molar-refractivity contribution in [3.05, 3.63) is 57.8 Å². The van der Waals surface area contributed by atoms with Crippen LogP contribution in [-0.2, 0) is 0 Å². The van der Waals surface area contributed by atoms with E-state index in [1.165, 1.54) is 12.1 Å². The van der Waals surface area contributed by atoms with Gasteiger partial charge in [-0.15, -0.1) is 11.3 Å². The quantitative estimate of drug-likeness (QED) is 0.879. The van der Waals surface area contributed by atoms with Crippen molar-refractivity contribution < 1.29 is 19.5 Å². The fourth-order valence-corrected chi connectivity index (χ4v) is 3.57. The van der Waals surface area contributed by atoms with Crippen LogP contribution in [0.3, 0.4) is 0 Å². The minimum absolute atomic E-state index is 0.00901. The van der Waals surface area contributed by atoms with Crippen LogP contribution in [0.1, 0.15) is 42.5 Å². The van der Waals surface area contributed by atoms with Crippen molar-refractivity contribution in [3.63, 3.8) is 0 Å². The van der Waals surface area contributed by atoms with E-state index in [0.717, 1.165) is 11.3 Å². The molecular weight excluding hydrogens is 340 g/mol. The van der Waals surface area contributed by atoms with Crippen LogP contribution in [0.4, 0.5) is 0 Å². The maximum atomic E-state index is 12.4. The molecule has 0 aliphatic carbocycles. The highest BCUT2D eigenvalue weighted by atomic mass is 32.1. The maximum Gasteiger partial charge on any atom is 0.345 e. The largest absolute Gasteiger partial charge is 0.477 e. The highest BCUT2D eigenvalue weighted by molar-refractivity contribution is 7.15. The lowest BCUT2D eigenvalue weighted by Gasteiger charge is -2.32. The van der Waals surface area contributed by atoms with E-state index >= 15 is 0 Å². The highest BCUT2D eigenvalue weighted by Crippen LogP contribution is 2.18. The number of piperidine rings is 1. The van der Waals surface area contributed by atoms with Crippen LogP contribution in [0, 0.1) is 0 Å². The van der Waals surface area contributed by atoms with Crippen molar-refractivity contribution in [3.8, 4) is 0 Å². The number of carbonyl (C=O) groups is 3. The van der Waals surface area contributed by atoms with Crippen LogP contribution in [0.15, 0.2) is 42.5 Å². The van der Waals surface area contributed by atoms with Crippen LogP contribution in [0.2, 0.25) is 0 Å². The highest BCUT2D eigenvalue weighted by Gasteiger charge is 2.25. The summed E-state index contributed by atoms with van der Waals surface area (Å²) < 4.78 is 0. The van der Waals surface area contributed by atoms with Gasteiger partial charge >= 0.3 is 5.97 Å². The molecule has 3 rings (SSSR count). The zero-order valence-corrected chi connectivity index (χ0v) is 14.3. The van der Waals surface area contributed by atoms with Gasteiger partial charge in [0.15, 0.2) is 0 Å². The molecule has 0 atom stereocenters. The third-order valence-corrected chi connectivity index (χ3v) is 5.25. The first kappa shape index (κ1) is 17.2. The van der Waals surface area contributed by atoms with Crippen molar-refractivity contribution >= 4 is 29.1 Å². The molecular formula is C18H18N2O4S. The zero-order chi connectivity index (χ0) is 17.8. The van der Waals surface area contributed by atoms with Crippen LogP contribution in [0.25, 0.3) is 0 Å². The summed E-state index contributed by atoms with van der Waals surface area (Å²) in [6.45, 7) is 1.17. The number of likely N-dealkylation sites (tertiary alicyclic amines) is 1. The molecule has 2 heterocycles. The molecule has 6 nitrogen and oxygen atoms in total. The van der Waals surface area contributed by atoms with E-state index in [4.69, 9.17) is 5.11 Å². The number of rotatable bonds is 4. The summed E-state index contributed by atoms with van der Waals surface area (Å²) in [6, 6.07) is 12.1. The van der Waals surface area contributed by atoms with E-state index in [2.05, 4.69) is 5.32 Å². The summed E-state index contributed by atoms with van der Waals surface area (Å²) in [7, 11) is 0. The van der Waals surface area contributed by atoms with Gasteiger partial charge in [-0.05, 0) is 37.1 Å². The summed E-state index contributed by atoms with van der Waals surface area (Å²) in [5, 5.41) is 11.8. The predicted molar refractivity (Wildman–Crippen MR) is 94.1 cm³/mol. The third kappa shape index (κ3) is 4.06. The average Bonchev–Trinajstić information content (AvgIpc) is 3.13. The first-order valence-corrected chi connectivity index (χ1v) is 8.84. The summed E-state index contributed by atoms with van der Waals surface area (Å²) in [6.07, 6.45) is 1.36. The second-order valence-corrected chi connectivity index (χ2v) is 6.96. The van der Waals surface area contributed by atoms with E-state index in [-0.39, 0.29) is 22.7 Å². The van der Waals surface area contributed by atoms with Crippen molar-refractivity contribution in [1.29, 1.82) is 0 Å². The number of carboxylic acids is 1. The van der Waals surface area contributed by atoms with E-state index in [1.54, 1.807) is 17.0 Å². The Balaban J connectivity index is 1.53. The Labute approximate surface area is 149 Å². The molecule has 130 valence electrons. The minimum Gasteiger partial charge on any atom is -0.477 e. The summed E-state index contributed by atoms with van der Waals surface area (Å²) in [4.78, 5) is 37.8. The second kappa shape index (κ2) is 7.48. The smallest absolute Gasteiger partial charge is 0.345 e. The molecule has 0 saturated carbocycles. The number of nitrogens with one attached hydrogen (secondary N) is 1. The van der Waals surface area contributed by atoms with Crippen molar-refractivity contribution in [2.75, 3.05) is 13.1 Å². The molecule has 0 radical (unpaired) electrons. The molecule has 1 aromatic carbocycles. The first-order valence-electron chi connectivity index (χ1n) is 8.03. The Hall–Kier alpha value is -2.67. The molecule has 0 unspecified atom stereocenters. The number of carbonyl (C=O) groups excluding carboxylic acids is 2. The summed E-state index contributed by atoms with van der Waals surface area (Å²) in [5.74, 6) is -1.28. The number of benzene rings is 1. The van der Waals surface area contributed by atoms with Gasteiger partial charge in [0.05, 0.1) is 4.88 Å². The molecule has 7 heteroatoms. The third-order valence-electron chi connectivity index (χ3n) is 4.18. The van der Waals surface area contributed by atoms with Gasteiger partial charge in [0.1, 0.15) is 4.88 Å². The molecule has 2 N–H and O–H groups in total. The Morgan fingerprint density at radius 2 is 1.64 bits per heavy atom. The van der Waals surface area contributed by atoms with E-state index < -0.39 is 5.97 Å². The van der Waals surface area contributed by atoms with Crippen LogP contribution >= 0.6 is 11.3 Å². The standard InChI is InChI=1S/C18H18N2O4S/c21-16(14-6-7-15(25-14)18(23)24)19-13-8-10-20(11-9-13)17(22)12-4-2-1-3-5-12/h1-7,13H,8-11H2,(H,19,21)(H,23,24). The van der Waals surface area contributed by atoms with Gasteiger partial charge in [0, 0.05) is 24.7 Å². The average molecular weight is 358 g/mol. The monoisotopic (exact) mass is 358 g/mol. The summed E-state index contributed by atoms with van der Waals surface area (Å²) in [5.41, 5.74) is 0.671. The van der Waals surface area contributed by atoms with E-state index in [9.17, 15) is 14.4 Å². The SMILES string of the molecule is O=C(O)c1ccc(C(=O)NC2CCN(C(=O)c3ccccc3)CC2)s1. The normalized spacial score (nSPS) is 15.0. The molecule has 25 heavy (non-hydrogen) atoms. The summed E-state index contributed by atoms with van der Waals surface area (Å²) >= 11 is 0.964. The number of aromatic carboxylic acids is 1. The zero-order valence-electron chi connectivity index (χ0n) is 13.5. The Morgan fingerprint density at radius 3 is 2.24 bits per heavy atom. The second-order valence-electron chi connectivity index (χ2n) is 5.88. The molecule has 1 aromatic heterocycles. The predicted octanol–water partition coefficient (Wildman–Crippen LogP) is 2.48. The van der Waals surface area contributed by atoms with Gasteiger partial charge in [-0.1, -0.05) is 18.2 Å². The fourth-order valence-electron chi connectivity index (χ4n) is 2.82. The van der Waals surface area contributed by atoms with E-state index in [1.807, 2.05) is 18.2 Å². The molecule has 0 spiro atoms. The number of amides is 2. The number of thiophene rings is 1. The lowest BCUT2D eigenvalue weighted by atomic mass is 10.0. The van der Waals surface area contributed by atoms with E-state index in [0.29, 0.717) is 36.4 Å². The van der Waals surface area contributed by atoms with Crippen molar-refractivity contribution in [2.45, 2.75) is 18.9 Å². The molecule has 1 aliphatic rings. The van der Waals surface area contributed by atoms with Crippen molar-refractivity contribution in [1.82, 2.24) is 10.2 Å². The molecule has 2 aromatic rings. The topological polar surface area (TPSA) is 86.7 Å². The lowest BCUT2D eigenvalue weighted by Crippen LogP contribution is -2.46. The molecule has 1 saturated heterocycles. The van der Waals surface area contributed by atoms with Crippen LogP contribution in [0.5, 0.6) is 0 Å². The van der Waals surface area contributed by atoms with Crippen LogP contribution in [-0.4, -0.2) is 46.9 Å². The Bertz CT molecular complexity index is 779. The van der Waals surface area contributed by atoms with Gasteiger partial charge in [-0.3, -0.25) is 9.59 Å². The van der Waals surface area contributed by atoms with Crippen LogP contribution < -0.4 is 5.32 Å². The first-order chi connectivity index (χ1) is 12.0. The van der Waals surface area contributed by atoms with Gasteiger partial charge in [0.25, 0.3) is 11.8 Å². The van der Waals surface area contributed by atoms with Gasteiger partial charge < -0.3 is 15.3 Å². The number of hydrogen-bond donors (Lipinski definition) is 2.